The molecule has 0 aliphatic carbocycles. The molecule has 0 saturated heterocycles. The Hall–Kier alpha value is -0.320. The molecule has 0 N–H and O–H groups in total. The molecule has 0 atom stereocenters. The van der Waals surface area contributed by atoms with E-state index in [0.717, 1.165) is 0 Å². The second-order valence-corrected chi connectivity index (χ2v) is 1.93. The average Bonchev–Trinajstić information content (AvgIpc) is 1.85. The molecule has 0 saturated carbocycles. The van der Waals surface area contributed by atoms with E-state index in [9.17, 15) is 4.79 Å². The van der Waals surface area contributed by atoms with Gasteiger partial charge < -0.3 is 4.74 Å². The molecule has 0 aromatic rings. The number of halogens is 1. The van der Waals surface area contributed by atoms with Crippen LogP contribution in [0.15, 0.2) is 22.8 Å². The van der Waals surface area contributed by atoms with Crippen LogP contribution in [0.4, 0.5) is 0 Å². The molecule has 0 bridgehead atoms. The Kier molecular flexibility index (Phi) is 5.60. The standard InChI is InChI=1S/C6H7IO2/c1-2-5-9-6(8)3-4-7/h2-4H,1,5H2/b4-3+. The molecule has 2 nitrogen and oxygen atoms in total. The summed E-state index contributed by atoms with van der Waals surface area (Å²) in [7, 11) is 0. The van der Waals surface area contributed by atoms with Crippen LogP contribution in [0.3, 0.4) is 0 Å². The molecular weight excluding hydrogens is 231 g/mol. The van der Waals surface area contributed by atoms with Gasteiger partial charge in [-0.3, -0.25) is 0 Å². The van der Waals surface area contributed by atoms with E-state index < -0.39 is 0 Å². The highest BCUT2D eigenvalue weighted by Gasteiger charge is 1.90. The number of hydrogen-bond acceptors (Lipinski definition) is 2. The molecule has 3 heteroatoms. The van der Waals surface area contributed by atoms with Crippen molar-refractivity contribution in [2.24, 2.45) is 0 Å². The summed E-state index contributed by atoms with van der Waals surface area (Å²) in [6.45, 7) is 3.67. The molecule has 0 aromatic heterocycles. The fourth-order valence-corrected chi connectivity index (χ4v) is 0.534. The molecule has 0 heterocycles. The minimum Gasteiger partial charge on any atom is -0.458 e. The third-order valence-corrected chi connectivity index (χ3v) is 0.902. The second kappa shape index (κ2) is 5.81. The molecule has 0 radical (unpaired) electrons. The van der Waals surface area contributed by atoms with E-state index in [-0.39, 0.29) is 12.6 Å². The maximum absolute atomic E-state index is 10.4. The highest BCUT2D eigenvalue weighted by Crippen LogP contribution is 1.86. The Labute approximate surface area is 67.7 Å². The Morgan fingerprint density at radius 1 is 1.78 bits per heavy atom. The van der Waals surface area contributed by atoms with Crippen LogP contribution in [0.25, 0.3) is 0 Å². The predicted octanol–water partition coefficient (Wildman–Crippen LogP) is 1.66. The van der Waals surface area contributed by atoms with E-state index in [0.29, 0.717) is 0 Å². The van der Waals surface area contributed by atoms with Gasteiger partial charge in [0.1, 0.15) is 6.61 Å². The van der Waals surface area contributed by atoms with Crippen molar-refractivity contribution in [3.8, 4) is 0 Å². The van der Waals surface area contributed by atoms with Gasteiger partial charge in [0.05, 0.1) is 0 Å². The van der Waals surface area contributed by atoms with Gasteiger partial charge in [0, 0.05) is 6.08 Å². The summed E-state index contributed by atoms with van der Waals surface area (Å²) in [4.78, 5) is 10.4. The molecule has 0 aliphatic rings. The monoisotopic (exact) mass is 238 g/mol. The Morgan fingerprint density at radius 3 is 2.89 bits per heavy atom. The molecule has 0 unspecified atom stereocenters. The highest BCUT2D eigenvalue weighted by molar-refractivity contribution is 14.1. The number of hydrogen-bond donors (Lipinski definition) is 0. The van der Waals surface area contributed by atoms with Crippen LogP contribution in [-0.2, 0) is 9.53 Å². The third kappa shape index (κ3) is 5.55. The molecule has 0 rings (SSSR count). The lowest BCUT2D eigenvalue weighted by atomic mass is 10.6. The maximum atomic E-state index is 10.4. The summed E-state index contributed by atoms with van der Waals surface area (Å²) in [6, 6.07) is 0. The first kappa shape index (κ1) is 8.68. The molecule has 0 aliphatic heterocycles. The first-order chi connectivity index (χ1) is 4.31. The van der Waals surface area contributed by atoms with Gasteiger partial charge in [-0.25, -0.2) is 4.79 Å². The number of ether oxygens (including phenoxy) is 1. The van der Waals surface area contributed by atoms with Crippen LogP contribution in [0.1, 0.15) is 0 Å². The van der Waals surface area contributed by atoms with Crippen molar-refractivity contribution in [1.29, 1.82) is 0 Å². The van der Waals surface area contributed by atoms with Gasteiger partial charge in [-0.2, -0.15) is 0 Å². The molecule has 0 spiro atoms. The molecule has 0 aromatic carbocycles. The third-order valence-electron chi connectivity index (χ3n) is 0.543. The maximum Gasteiger partial charge on any atom is 0.331 e. The summed E-state index contributed by atoms with van der Waals surface area (Å²) in [5, 5.41) is 0. The summed E-state index contributed by atoms with van der Waals surface area (Å²) < 4.78 is 6.18. The van der Waals surface area contributed by atoms with E-state index in [1.807, 2.05) is 22.6 Å². The van der Waals surface area contributed by atoms with Crippen molar-refractivity contribution < 1.29 is 9.53 Å². The van der Waals surface area contributed by atoms with Crippen molar-refractivity contribution in [2.45, 2.75) is 0 Å². The minimum absolute atomic E-state index is 0.278. The summed E-state index contributed by atoms with van der Waals surface area (Å²) in [5.41, 5.74) is 0. The van der Waals surface area contributed by atoms with Gasteiger partial charge in [-0.15, -0.1) is 0 Å². The quantitative estimate of drug-likeness (QED) is 0.323. The molecule has 50 valence electrons. The number of esters is 1. The van der Waals surface area contributed by atoms with Crippen LogP contribution in [0.2, 0.25) is 0 Å². The zero-order valence-electron chi connectivity index (χ0n) is 4.84. The second-order valence-electron chi connectivity index (χ2n) is 1.21. The van der Waals surface area contributed by atoms with Gasteiger partial charge in [-0.05, 0) is 4.08 Å². The number of rotatable bonds is 3. The van der Waals surface area contributed by atoms with Crippen LogP contribution in [-0.4, -0.2) is 12.6 Å². The highest BCUT2D eigenvalue weighted by atomic mass is 127. The van der Waals surface area contributed by atoms with E-state index >= 15 is 0 Å². The Morgan fingerprint density at radius 2 is 2.44 bits per heavy atom. The molecule has 0 fully saturated rings. The average molecular weight is 238 g/mol. The molecule has 0 amide bonds. The van der Waals surface area contributed by atoms with Crippen LogP contribution < -0.4 is 0 Å². The fourth-order valence-electron chi connectivity index (χ4n) is 0.241. The van der Waals surface area contributed by atoms with Crippen molar-refractivity contribution in [3.63, 3.8) is 0 Å². The predicted molar refractivity (Wildman–Crippen MR) is 44.3 cm³/mol. The van der Waals surface area contributed by atoms with E-state index in [2.05, 4.69) is 11.3 Å². The lowest BCUT2D eigenvalue weighted by molar-refractivity contribution is -0.136. The van der Waals surface area contributed by atoms with E-state index in [1.54, 1.807) is 4.08 Å². The largest absolute Gasteiger partial charge is 0.458 e. The first-order valence-electron chi connectivity index (χ1n) is 2.35. The lowest BCUT2D eigenvalue weighted by Crippen LogP contribution is -1.98. The summed E-state index contributed by atoms with van der Waals surface area (Å²) in [5.74, 6) is -0.329. The normalized spacial score (nSPS) is 9.44. The zero-order chi connectivity index (χ0) is 7.11. The smallest absolute Gasteiger partial charge is 0.331 e. The Balaban J connectivity index is 3.38. The van der Waals surface area contributed by atoms with Gasteiger partial charge >= 0.3 is 5.97 Å². The van der Waals surface area contributed by atoms with Crippen molar-refractivity contribution in [2.75, 3.05) is 6.61 Å². The van der Waals surface area contributed by atoms with Crippen LogP contribution in [0, 0.1) is 0 Å². The summed E-state index contributed by atoms with van der Waals surface area (Å²) in [6.07, 6.45) is 2.88. The van der Waals surface area contributed by atoms with E-state index in [1.165, 1.54) is 12.2 Å². The van der Waals surface area contributed by atoms with Gasteiger partial charge in [0.15, 0.2) is 0 Å². The molecular formula is C6H7IO2. The van der Waals surface area contributed by atoms with Crippen molar-refractivity contribution >= 4 is 28.6 Å². The summed E-state index contributed by atoms with van der Waals surface area (Å²) >= 11 is 1.95. The SMILES string of the molecule is C=CCOC(=O)/C=C/I. The Bertz CT molecular complexity index is 129. The van der Waals surface area contributed by atoms with Crippen LogP contribution in [0.5, 0.6) is 0 Å². The number of carbonyl (C=O) groups excluding carboxylic acids is 1. The van der Waals surface area contributed by atoms with Gasteiger partial charge in [0.2, 0.25) is 0 Å². The van der Waals surface area contributed by atoms with Crippen molar-refractivity contribution in [3.05, 3.63) is 22.8 Å². The molecule has 9 heavy (non-hydrogen) atoms. The van der Waals surface area contributed by atoms with Gasteiger partial charge in [-0.1, -0.05) is 35.2 Å². The van der Waals surface area contributed by atoms with Crippen molar-refractivity contribution in [1.82, 2.24) is 0 Å². The first-order valence-corrected chi connectivity index (χ1v) is 3.60. The van der Waals surface area contributed by atoms with Crippen LogP contribution >= 0.6 is 22.6 Å². The fraction of sp³-hybridized carbons (Fsp3) is 0.167. The lowest BCUT2D eigenvalue weighted by Gasteiger charge is -1.92. The zero-order valence-corrected chi connectivity index (χ0v) is 7.00. The van der Waals surface area contributed by atoms with E-state index in [4.69, 9.17) is 0 Å². The number of carbonyl (C=O) groups is 1. The topological polar surface area (TPSA) is 26.3 Å². The van der Waals surface area contributed by atoms with Gasteiger partial charge in [0.25, 0.3) is 0 Å². The minimum atomic E-state index is -0.329.